The first kappa shape index (κ1) is 28.1. The highest BCUT2D eigenvalue weighted by atomic mass is 19.1. The Balaban J connectivity index is 1.32. The number of methoxy groups -OCH3 is 1. The summed E-state index contributed by atoms with van der Waals surface area (Å²) in [4.78, 5) is 35.6. The van der Waals surface area contributed by atoms with E-state index in [-0.39, 0.29) is 16.9 Å². The Hall–Kier alpha value is -5.03. The molecule has 1 aliphatic rings. The molecule has 0 atom stereocenters. The monoisotopic (exact) mass is 582 g/mol. The first-order chi connectivity index (χ1) is 20.8. The molecule has 2 aromatic carbocycles. The lowest BCUT2D eigenvalue weighted by Gasteiger charge is -2.23. The number of hydrogen-bond donors (Lipinski definition) is 2. The standard InChI is InChI=1S/C32H31FN6O4/c1-38-15-23(28-30(34)35-18-36-31(28)38)20-3-6-22(7-4-20)37-32(41)25-17-39(14-19-9-11-43-12-10-19)16-24(29(25)40)21-5-8-27(42-2)26(33)13-21/h3-8,13,15-19H,9-12,14H2,1-2H3,(H,37,41)(H2,34,35,36). The summed E-state index contributed by atoms with van der Waals surface area (Å²) in [6, 6.07) is 11.6. The Morgan fingerprint density at radius 1 is 1.07 bits per heavy atom. The molecule has 1 aliphatic heterocycles. The summed E-state index contributed by atoms with van der Waals surface area (Å²) in [5.41, 5.74) is 9.16. The number of anilines is 2. The summed E-state index contributed by atoms with van der Waals surface area (Å²) in [6.45, 7) is 1.94. The van der Waals surface area contributed by atoms with E-state index >= 15 is 0 Å². The van der Waals surface area contributed by atoms with Crippen LogP contribution in [-0.4, -0.2) is 45.3 Å². The molecule has 0 bridgehead atoms. The summed E-state index contributed by atoms with van der Waals surface area (Å²) in [5, 5.41) is 3.60. The third-order valence-electron chi connectivity index (χ3n) is 7.83. The van der Waals surface area contributed by atoms with Gasteiger partial charge in [0.15, 0.2) is 11.6 Å². The molecule has 1 saturated heterocycles. The van der Waals surface area contributed by atoms with E-state index in [4.69, 9.17) is 15.2 Å². The Morgan fingerprint density at radius 2 is 1.81 bits per heavy atom. The number of nitrogens with one attached hydrogen (secondary N) is 1. The molecule has 0 spiro atoms. The van der Waals surface area contributed by atoms with Gasteiger partial charge in [-0.2, -0.15) is 0 Å². The maximum atomic E-state index is 14.6. The van der Waals surface area contributed by atoms with Crippen molar-refractivity contribution in [3.05, 3.63) is 89.0 Å². The number of halogens is 1. The number of pyridine rings is 1. The smallest absolute Gasteiger partial charge is 0.261 e. The van der Waals surface area contributed by atoms with Gasteiger partial charge in [0.05, 0.1) is 12.5 Å². The number of aryl methyl sites for hydroxylation is 1. The molecule has 3 N–H and O–H groups in total. The third kappa shape index (κ3) is 5.59. The number of nitrogens with two attached hydrogens (primary N) is 1. The van der Waals surface area contributed by atoms with Crippen molar-refractivity contribution in [1.82, 2.24) is 19.1 Å². The van der Waals surface area contributed by atoms with Gasteiger partial charge in [0, 0.05) is 62.2 Å². The van der Waals surface area contributed by atoms with Crippen molar-refractivity contribution < 1.29 is 18.7 Å². The van der Waals surface area contributed by atoms with E-state index < -0.39 is 17.2 Å². The first-order valence-corrected chi connectivity index (χ1v) is 14.0. The molecule has 1 amide bonds. The predicted molar refractivity (Wildman–Crippen MR) is 163 cm³/mol. The van der Waals surface area contributed by atoms with Crippen LogP contribution in [0.5, 0.6) is 5.75 Å². The zero-order valence-corrected chi connectivity index (χ0v) is 23.8. The topological polar surface area (TPSA) is 126 Å². The molecule has 6 rings (SSSR count). The zero-order valence-electron chi connectivity index (χ0n) is 23.8. The average Bonchev–Trinajstić information content (AvgIpc) is 3.36. The number of aromatic nitrogens is 4. The van der Waals surface area contributed by atoms with Crippen LogP contribution < -0.4 is 21.2 Å². The van der Waals surface area contributed by atoms with Gasteiger partial charge in [-0.15, -0.1) is 0 Å². The van der Waals surface area contributed by atoms with Crippen LogP contribution in [0.15, 0.2) is 72.2 Å². The fourth-order valence-corrected chi connectivity index (χ4v) is 5.55. The highest BCUT2D eigenvalue weighted by Gasteiger charge is 2.21. The quantitative estimate of drug-likeness (QED) is 0.280. The maximum absolute atomic E-state index is 14.6. The molecule has 220 valence electrons. The van der Waals surface area contributed by atoms with Gasteiger partial charge in [-0.05, 0) is 54.2 Å². The fourth-order valence-electron chi connectivity index (χ4n) is 5.55. The maximum Gasteiger partial charge on any atom is 0.261 e. The minimum Gasteiger partial charge on any atom is -0.494 e. The van der Waals surface area contributed by atoms with E-state index in [1.807, 2.05) is 34.5 Å². The summed E-state index contributed by atoms with van der Waals surface area (Å²) >= 11 is 0. The fraction of sp³-hybridized carbons (Fsp3) is 0.250. The molecule has 10 nitrogen and oxygen atoms in total. The summed E-state index contributed by atoms with van der Waals surface area (Å²) < 4.78 is 28.9. The number of ether oxygens (including phenoxy) is 2. The van der Waals surface area contributed by atoms with Crippen molar-refractivity contribution in [2.45, 2.75) is 19.4 Å². The number of carbonyl (C=O) groups excluding carboxylic acids is 1. The third-order valence-corrected chi connectivity index (χ3v) is 7.83. The lowest BCUT2D eigenvalue weighted by atomic mass is 9.99. The summed E-state index contributed by atoms with van der Waals surface area (Å²) in [5.74, 6) is -0.371. The van der Waals surface area contributed by atoms with E-state index in [0.717, 1.165) is 29.4 Å². The lowest BCUT2D eigenvalue weighted by Crippen LogP contribution is -2.26. The number of fused-ring (bicyclic) bond motifs is 1. The number of nitrogen functional groups attached to an aromatic ring is 1. The van der Waals surface area contributed by atoms with E-state index in [9.17, 15) is 14.0 Å². The van der Waals surface area contributed by atoms with Crippen molar-refractivity contribution in [2.24, 2.45) is 13.0 Å². The summed E-state index contributed by atoms with van der Waals surface area (Å²) in [6.07, 6.45) is 8.37. The van der Waals surface area contributed by atoms with Crippen LogP contribution in [0.2, 0.25) is 0 Å². The van der Waals surface area contributed by atoms with Gasteiger partial charge in [0.25, 0.3) is 5.91 Å². The number of amides is 1. The van der Waals surface area contributed by atoms with Gasteiger partial charge in [-0.1, -0.05) is 18.2 Å². The molecule has 0 aliphatic carbocycles. The highest BCUT2D eigenvalue weighted by Crippen LogP contribution is 2.33. The van der Waals surface area contributed by atoms with E-state index in [0.29, 0.717) is 48.4 Å². The zero-order chi connectivity index (χ0) is 30.1. The van der Waals surface area contributed by atoms with Crippen LogP contribution in [0.4, 0.5) is 15.9 Å². The molecular weight excluding hydrogens is 551 g/mol. The number of nitrogens with zero attached hydrogens (tertiary/aromatic N) is 4. The molecule has 4 heterocycles. The molecule has 5 aromatic rings. The van der Waals surface area contributed by atoms with Crippen molar-refractivity contribution in [1.29, 1.82) is 0 Å². The minimum atomic E-state index is -0.593. The van der Waals surface area contributed by atoms with Crippen LogP contribution in [-0.2, 0) is 18.3 Å². The Bertz CT molecular complexity index is 1880. The Morgan fingerprint density at radius 3 is 2.53 bits per heavy atom. The van der Waals surface area contributed by atoms with Crippen LogP contribution in [0.25, 0.3) is 33.3 Å². The van der Waals surface area contributed by atoms with E-state index in [1.54, 1.807) is 30.6 Å². The second-order valence-corrected chi connectivity index (χ2v) is 10.7. The Kier molecular flexibility index (Phi) is 7.64. The molecule has 0 unspecified atom stereocenters. The van der Waals surface area contributed by atoms with Gasteiger partial charge in [-0.3, -0.25) is 9.59 Å². The number of hydrogen-bond acceptors (Lipinski definition) is 7. The van der Waals surface area contributed by atoms with Crippen LogP contribution in [0.1, 0.15) is 23.2 Å². The highest BCUT2D eigenvalue weighted by molar-refractivity contribution is 6.05. The van der Waals surface area contributed by atoms with Crippen LogP contribution in [0.3, 0.4) is 0 Å². The molecule has 0 saturated carbocycles. The minimum absolute atomic E-state index is 0.0381. The second kappa shape index (κ2) is 11.7. The largest absolute Gasteiger partial charge is 0.494 e. The van der Waals surface area contributed by atoms with E-state index in [2.05, 4.69) is 15.3 Å². The predicted octanol–water partition coefficient (Wildman–Crippen LogP) is 4.87. The first-order valence-electron chi connectivity index (χ1n) is 14.0. The molecular formula is C32H31FN6O4. The van der Waals surface area contributed by atoms with Crippen LogP contribution in [0, 0.1) is 11.7 Å². The van der Waals surface area contributed by atoms with E-state index in [1.165, 1.54) is 25.6 Å². The molecule has 3 aromatic heterocycles. The number of rotatable bonds is 7. The van der Waals surface area contributed by atoms with Gasteiger partial charge in [0.1, 0.15) is 23.4 Å². The van der Waals surface area contributed by atoms with Gasteiger partial charge in [-0.25, -0.2) is 14.4 Å². The molecule has 1 fully saturated rings. The average molecular weight is 583 g/mol. The van der Waals surface area contributed by atoms with Crippen molar-refractivity contribution in [2.75, 3.05) is 31.4 Å². The normalized spacial score (nSPS) is 13.7. The molecule has 11 heteroatoms. The summed E-state index contributed by atoms with van der Waals surface area (Å²) in [7, 11) is 3.26. The van der Waals surface area contributed by atoms with Crippen molar-refractivity contribution in [3.8, 4) is 28.0 Å². The van der Waals surface area contributed by atoms with Gasteiger partial charge in [0.2, 0.25) is 5.43 Å². The SMILES string of the molecule is COc1ccc(-c2cn(CC3CCOCC3)cc(C(=O)Nc3ccc(-c4cn(C)c5ncnc(N)c45)cc3)c2=O)cc1F. The van der Waals surface area contributed by atoms with Crippen LogP contribution >= 0.6 is 0 Å². The lowest BCUT2D eigenvalue weighted by molar-refractivity contribution is 0.0612. The second-order valence-electron chi connectivity index (χ2n) is 10.7. The van der Waals surface area contributed by atoms with Crippen molar-refractivity contribution >= 4 is 28.4 Å². The van der Waals surface area contributed by atoms with Crippen molar-refractivity contribution in [3.63, 3.8) is 0 Å². The van der Waals surface area contributed by atoms with Gasteiger partial charge < -0.3 is 29.7 Å². The number of benzene rings is 2. The van der Waals surface area contributed by atoms with Gasteiger partial charge >= 0.3 is 0 Å². The number of carbonyl (C=O) groups is 1. The molecule has 43 heavy (non-hydrogen) atoms. The molecule has 0 radical (unpaired) electrons. The Labute approximate surface area is 246 Å².